The molecule has 3 aromatic carbocycles. The van der Waals surface area contributed by atoms with Crippen LogP contribution >= 0.6 is 0 Å². The average molecular weight is 382 g/mol. The van der Waals surface area contributed by atoms with Crippen LogP contribution in [0.2, 0.25) is 0 Å². The molecule has 0 saturated heterocycles. The van der Waals surface area contributed by atoms with Crippen LogP contribution in [0.5, 0.6) is 0 Å². The zero-order valence-corrected chi connectivity index (χ0v) is 16.4. The number of carbonyl (C=O) groups excluding carboxylic acids is 1. The highest BCUT2D eigenvalue weighted by atomic mass is 16.1. The van der Waals surface area contributed by atoms with Crippen LogP contribution in [0.25, 0.3) is 22.8 Å². The summed E-state index contributed by atoms with van der Waals surface area (Å²) in [5, 5.41) is 3.01. The van der Waals surface area contributed by atoms with Crippen LogP contribution in [0.15, 0.2) is 78.9 Å². The zero-order valence-electron chi connectivity index (χ0n) is 16.4. The average Bonchev–Trinajstić information content (AvgIpc) is 3.18. The van der Waals surface area contributed by atoms with Crippen molar-refractivity contribution >= 4 is 34.4 Å². The monoisotopic (exact) mass is 382 g/mol. The summed E-state index contributed by atoms with van der Waals surface area (Å²) in [5.74, 6) is 0.439. The zero-order chi connectivity index (χ0) is 20.2. The fraction of sp³-hybridized carbons (Fsp3) is 0.0833. The van der Waals surface area contributed by atoms with Crippen molar-refractivity contribution in [2.24, 2.45) is 0 Å². The number of benzene rings is 3. The number of rotatable bonds is 5. The molecule has 1 aromatic heterocycles. The molecule has 144 valence electrons. The normalized spacial score (nSPS) is 11.4. The third-order valence-corrected chi connectivity index (χ3v) is 4.65. The van der Waals surface area contributed by atoms with Gasteiger partial charge in [-0.2, -0.15) is 0 Å². The number of fused-ring (bicyclic) bond motifs is 1. The van der Waals surface area contributed by atoms with E-state index < -0.39 is 0 Å². The molecule has 0 saturated carbocycles. The molecule has 4 aromatic rings. The minimum Gasteiger partial charge on any atom is -0.378 e. The molecule has 0 atom stereocenters. The summed E-state index contributed by atoms with van der Waals surface area (Å²) in [5.41, 5.74) is 5.07. The minimum atomic E-state index is -0.179. The lowest BCUT2D eigenvalue weighted by molar-refractivity contribution is 0.0973. The Morgan fingerprint density at radius 2 is 1.62 bits per heavy atom. The molecule has 0 fully saturated rings. The molecule has 4 rings (SSSR count). The van der Waals surface area contributed by atoms with Crippen LogP contribution in [0, 0.1) is 0 Å². The van der Waals surface area contributed by atoms with E-state index in [4.69, 9.17) is 0 Å². The first kappa shape index (κ1) is 18.5. The molecule has 0 bridgehead atoms. The van der Waals surface area contributed by atoms with Crippen LogP contribution in [0.3, 0.4) is 0 Å². The Kier molecular flexibility index (Phi) is 5.12. The third kappa shape index (κ3) is 4.19. The predicted octanol–water partition coefficient (Wildman–Crippen LogP) is 4.56. The van der Waals surface area contributed by atoms with Crippen LogP contribution in [0.1, 0.15) is 21.7 Å². The number of nitrogens with one attached hydrogen (secondary N) is 2. The molecular formula is C24H22N4O. The van der Waals surface area contributed by atoms with Crippen LogP contribution in [0.4, 0.5) is 5.69 Å². The van der Waals surface area contributed by atoms with E-state index in [2.05, 4.69) is 15.3 Å². The van der Waals surface area contributed by atoms with Gasteiger partial charge in [0.25, 0.3) is 5.91 Å². The number of para-hydroxylation sites is 2. The van der Waals surface area contributed by atoms with Crippen molar-refractivity contribution < 1.29 is 4.79 Å². The second-order valence-electron chi connectivity index (χ2n) is 6.97. The maximum Gasteiger partial charge on any atom is 0.255 e. The number of hydrogen-bond donors (Lipinski definition) is 2. The van der Waals surface area contributed by atoms with E-state index in [1.807, 2.05) is 91.8 Å². The van der Waals surface area contributed by atoms with Crippen molar-refractivity contribution in [1.82, 2.24) is 15.3 Å². The van der Waals surface area contributed by atoms with Gasteiger partial charge >= 0.3 is 0 Å². The molecule has 29 heavy (non-hydrogen) atoms. The molecule has 5 nitrogen and oxygen atoms in total. The Balaban J connectivity index is 1.72. The highest BCUT2D eigenvalue weighted by Gasteiger charge is 2.13. The fourth-order valence-corrected chi connectivity index (χ4v) is 3.06. The Labute approximate surface area is 169 Å². The molecule has 0 unspecified atom stereocenters. The van der Waals surface area contributed by atoms with E-state index in [0.717, 1.165) is 22.3 Å². The number of aromatic nitrogens is 2. The summed E-state index contributed by atoms with van der Waals surface area (Å²) in [6, 6.07) is 25.1. The number of imidazole rings is 1. The second kappa shape index (κ2) is 8.02. The predicted molar refractivity (Wildman–Crippen MR) is 119 cm³/mol. The maximum absolute atomic E-state index is 12.8. The quantitative estimate of drug-likeness (QED) is 0.532. The number of carbonyl (C=O) groups is 1. The van der Waals surface area contributed by atoms with Gasteiger partial charge < -0.3 is 15.2 Å². The summed E-state index contributed by atoms with van der Waals surface area (Å²) in [6.07, 6.45) is 1.93. The highest BCUT2D eigenvalue weighted by Crippen LogP contribution is 2.20. The van der Waals surface area contributed by atoms with E-state index >= 15 is 0 Å². The van der Waals surface area contributed by atoms with Crippen molar-refractivity contribution in [3.8, 4) is 0 Å². The standard InChI is InChI=1S/C24H22N4O/c1-28(2)19-14-12-17(13-15-19)16-22(27-24(29)18-8-4-3-5-9-18)23-25-20-10-6-7-11-21(20)26-23/h3-16H,1-2H3,(H,25,26)(H,27,29)/b22-16+. The molecule has 1 amide bonds. The number of H-pyrrole nitrogens is 1. The Morgan fingerprint density at radius 3 is 2.31 bits per heavy atom. The first-order chi connectivity index (χ1) is 14.1. The third-order valence-electron chi connectivity index (χ3n) is 4.65. The molecular weight excluding hydrogens is 360 g/mol. The molecule has 1 heterocycles. The SMILES string of the molecule is CN(C)c1ccc(/C=C(/NC(=O)c2ccccc2)c2nc3ccccc3[nH]2)cc1. The number of aromatic amines is 1. The van der Waals surface area contributed by atoms with E-state index in [-0.39, 0.29) is 5.91 Å². The van der Waals surface area contributed by atoms with Crippen LogP contribution in [-0.4, -0.2) is 30.0 Å². The van der Waals surface area contributed by atoms with Gasteiger partial charge in [-0.1, -0.05) is 42.5 Å². The molecule has 0 spiro atoms. The lowest BCUT2D eigenvalue weighted by Gasteiger charge is -2.12. The number of nitrogens with zero attached hydrogens (tertiary/aromatic N) is 2. The largest absolute Gasteiger partial charge is 0.378 e. The second-order valence-corrected chi connectivity index (χ2v) is 6.97. The van der Waals surface area contributed by atoms with Crippen molar-refractivity contribution in [3.05, 3.63) is 95.8 Å². The minimum absolute atomic E-state index is 0.179. The van der Waals surface area contributed by atoms with Crippen molar-refractivity contribution in [2.45, 2.75) is 0 Å². The molecule has 0 aliphatic rings. The van der Waals surface area contributed by atoms with Crippen LogP contribution < -0.4 is 10.2 Å². The van der Waals surface area contributed by atoms with E-state index in [1.165, 1.54) is 0 Å². The molecule has 0 aliphatic carbocycles. The Bertz CT molecular complexity index is 1130. The molecule has 2 N–H and O–H groups in total. The van der Waals surface area contributed by atoms with Crippen LogP contribution in [-0.2, 0) is 0 Å². The smallest absolute Gasteiger partial charge is 0.255 e. The summed E-state index contributed by atoms with van der Waals surface area (Å²) in [7, 11) is 4.01. The first-order valence-corrected chi connectivity index (χ1v) is 9.41. The summed E-state index contributed by atoms with van der Waals surface area (Å²) in [6.45, 7) is 0. The molecule has 0 aliphatic heterocycles. The van der Waals surface area contributed by atoms with Gasteiger partial charge in [-0.15, -0.1) is 0 Å². The van der Waals surface area contributed by atoms with Gasteiger partial charge in [0.15, 0.2) is 5.82 Å². The van der Waals surface area contributed by atoms with Gasteiger partial charge in [0.2, 0.25) is 0 Å². The first-order valence-electron chi connectivity index (χ1n) is 9.41. The number of anilines is 1. The van der Waals surface area contributed by atoms with Gasteiger partial charge in [0.05, 0.1) is 16.7 Å². The van der Waals surface area contributed by atoms with E-state index in [1.54, 1.807) is 12.1 Å². The van der Waals surface area contributed by atoms with Gasteiger partial charge in [-0.25, -0.2) is 4.98 Å². The van der Waals surface area contributed by atoms with Gasteiger partial charge in [0, 0.05) is 25.3 Å². The van der Waals surface area contributed by atoms with Crippen molar-refractivity contribution in [3.63, 3.8) is 0 Å². The lowest BCUT2D eigenvalue weighted by Crippen LogP contribution is -2.22. The van der Waals surface area contributed by atoms with Gasteiger partial charge in [0.1, 0.15) is 0 Å². The summed E-state index contributed by atoms with van der Waals surface area (Å²) < 4.78 is 0. The fourth-order valence-electron chi connectivity index (χ4n) is 3.06. The highest BCUT2D eigenvalue weighted by molar-refractivity contribution is 6.01. The maximum atomic E-state index is 12.8. The number of hydrogen-bond acceptors (Lipinski definition) is 3. The van der Waals surface area contributed by atoms with Gasteiger partial charge in [-0.05, 0) is 48.0 Å². The van der Waals surface area contributed by atoms with Crippen molar-refractivity contribution in [2.75, 3.05) is 19.0 Å². The summed E-state index contributed by atoms with van der Waals surface area (Å²) in [4.78, 5) is 22.8. The topological polar surface area (TPSA) is 61.0 Å². The van der Waals surface area contributed by atoms with E-state index in [0.29, 0.717) is 17.1 Å². The molecule has 5 heteroatoms. The lowest BCUT2D eigenvalue weighted by atomic mass is 10.1. The number of amides is 1. The summed E-state index contributed by atoms with van der Waals surface area (Å²) >= 11 is 0. The van der Waals surface area contributed by atoms with Crippen molar-refractivity contribution in [1.29, 1.82) is 0 Å². The Morgan fingerprint density at radius 1 is 0.931 bits per heavy atom. The molecule has 0 radical (unpaired) electrons. The Hall–Kier alpha value is -3.86. The van der Waals surface area contributed by atoms with E-state index in [9.17, 15) is 4.79 Å². The van der Waals surface area contributed by atoms with Gasteiger partial charge in [-0.3, -0.25) is 4.79 Å².